The number of ether oxygens (including phenoxy) is 1. The summed E-state index contributed by atoms with van der Waals surface area (Å²) in [5.74, 6) is -0.167. The molecule has 1 N–H and O–H groups in total. The topological polar surface area (TPSA) is 68.4 Å². The van der Waals surface area contributed by atoms with Crippen LogP contribution in [0.1, 0.15) is 42.8 Å². The summed E-state index contributed by atoms with van der Waals surface area (Å²) in [6.07, 6.45) is -0.201. The van der Waals surface area contributed by atoms with E-state index in [9.17, 15) is 9.59 Å². The van der Waals surface area contributed by atoms with Crippen molar-refractivity contribution in [1.29, 1.82) is 0 Å². The Labute approximate surface area is 192 Å². The summed E-state index contributed by atoms with van der Waals surface area (Å²) in [5.41, 5.74) is 1.60. The van der Waals surface area contributed by atoms with Gasteiger partial charge in [-0.3, -0.25) is 4.79 Å². The molecule has 164 valence electrons. The minimum Gasteiger partial charge on any atom is -0.421 e. The van der Waals surface area contributed by atoms with Crippen LogP contribution in [0.3, 0.4) is 0 Å². The smallest absolute Gasteiger partial charge is 0.343 e. The summed E-state index contributed by atoms with van der Waals surface area (Å²) in [6.45, 7) is 11.0. The molecule has 0 aliphatic carbocycles. The van der Waals surface area contributed by atoms with Crippen LogP contribution in [0.2, 0.25) is 18.1 Å². The number of aromatic nitrogens is 1. The molecule has 0 radical (unpaired) electrons. The van der Waals surface area contributed by atoms with Gasteiger partial charge in [-0.2, -0.15) is 0 Å². The molecule has 0 amide bonds. The molecule has 0 spiro atoms. The molecule has 3 aromatic rings. The molecule has 0 aliphatic rings. The lowest BCUT2D eigenvalue weighted by molar-refractivity contribution is 0.0736. The Morgan fingerprint density at radius 1 is 1.06 bits per heavy atom. The fourth-order valence-corrected chi connectivity index (χ4v) is 5.06. The molecule has 0 saturated carbocycles. The van der Waals surface area contributed by atoms with E-state index in [2.05, 4.69) is 54.8 Å². The number of aromatic amines is 1. The maximum Gasteiger partial charge on any atom is 0.343 e. The minimum absolute atomic E-state index is 0.0582. The first-order chi connectivity index (χ1) is 14.5. The molecule has 0 bridgehead atoms. The Morgan fingerprint density at radius 2 is 1.74 bits per heavy atom. The van der Waals surface area contributed by atoms with Crippen molar-refractivity contribution in [1.82, 2.24) is 4.98 Å². The molecule has 0 saturated heterocycles. The molecule has 1 aromatic heterocycles. The van der Waals surface area contributed by atoms with Crippen molar-refractivity contribution >= 4 is 41.1 Å². The highest BCUT2D eigenvalue weighted by Gasteiger charge is 2.39. The van der Waals surface area contributed by atoms with Crippen LogP contribution in [0.4, 0.5) is 0 Å². The first kappa shape index (κ1) is 23.4. The maximum atomic E-state index is 12.6. The van der Waals surface area contributed by atoms with Gasteiger partial charge in [0.15, 0.2) is 14.1 Å². The molecule has 7 heteroatoms. The number of alkyl halides is 1. The van der Waals surface area contributed by atoms with Gasteiger partial charge in [0.2, 0.25) is 5.56 Å². The van der Waals surface area contributed by atoms with Gasteiger partial charge in [-0.15, -0.1) is 0 Å². The van der Waals surface area contributed by atoms with Crippen molar-refractivity contribution in [2.75, 3.05) is 5.33 Å². The average Bonchev–Trinajstić information content (AvgIpc) is 2.72. The van der Waals surface area contributed by atoms with Crippen molar-refractivity contribution in [2.45, 2.75) is 45.0 Å². The van der Waals surface area contributed by atoms with Crippen LogP contribution in [-0.2, 0) is 4.43 Å². The number of esters is 1. The fraction of sp³-hybridized carbons (Fsp3) is 0.333. The van der Waals surface area contributed by atoms with E-state index in [0.29, 0.717) is 22.2 Å². The lowest BCUT2D eigenvalue weighted by Crippen LogP contribution is -2.42. The van der Waals surface area contributed by atoms with Crippen molar-refractivity contribution in [2.24, 2.45) is 0 Å². The van der Waals surface area contributed by atoms with Gasteiger partial charge < -0.3 is 14.1 Å². The van der Waals surface area contributed by atoms with Gasteiger partial charge in [-0.25, -0.2) is 4.79 Å². The van der Waals surface area contributed by atoms with E-state index in [4.69, 9.17) is 9.16 Å². The highest BCUT2D eigenvalue weighted by molar-refractivity contribution is 9.09. The Morgan fingerprint density at radius 3 is 2.35 bits per heavy atom. The fourth-order valence-electron chi connectivity index (χ4n) is 3.06. The summed E-state index contributed by atoms with van der Waals surface area (Å²) in [7, 11) is -2.04. The van der Waals surface area contributed by atoms with Crippen LogP contribution in [0.15, 0.2) is 59.4 Å². The number of hydrogen-bond acceptors (Lipinski definition) is 4. The van der Waals surface area contributed by atoms with Crippen molar-refractivity contribution in [3.63, 3.8) is 0 Å². The molecule has 1 atom stereocenters. The number of pyridine rings is 1. The van der Waals surface area contributed by atoms with Crippen LogP contribution in [0.5, 0.6) is 5.75 Å². The molecule has 0 unspecified atom stereocenters. The summed E-state index contributed by atoms with van der Waals surface area (Å²) >= 11 is 3.60. The van der Waals surface area contributed by atoms with Crippen LogP contribution in [0.25, 0.3) is 10.9 Å². The quantitative estimate of drug-likeness (QED) is 0.189. The second-order valence-electron chi connectivity index (χ2n) is 9.04. The molecular formula is C24H28BrNO4Si. The Kier molecular flexibility index (Phi) is 6.88. The second-order valence-corrected chi connectivity index (χ2v) is 14.4. The number of fused-ring (bicyclic) bond motifs is 1. The van der Waals surface area contributed by atoms with Gasteiger partial charge in [-0.1, -0.05) is 61.0 Å². The Hall–Kier alpha value is -2.22. The van der Waals surface area contributed by atoms with Gasteiger partial charge in [0, 0.05) is 16.8 Å². The lowest BCUT2D eigenvalue weighted by atomic mass is 10.0. The third-order valence-corrected chi connectivity index (χ3v) is 10.9. The monoisotopic (exact) mass is 501 g/mol. The zero-order valence-corrected chi connectivity index (χ0v) is 21.1. The third-order valence-electron chi connectivity index (χ3n) is 5.83. The van der Waals surface area contributed by atoms with Gasteiger partial charge in [-0.05, 0) is 48.0 Å². The molecule has 5 nitrogen and oxygen atoms in total. The largest absolute Gasteiger partial charge is 0.421 e. The van der Waals surface area contributed by atoms with Crippen LogP contribution < -0.4 is 10.3 Å². The predicted molar refractivity (Wildman–Crippen MR) is 131 cm³/mol. The molecule has 3 rings (SSSR count). The summed E-state index contributed by atoms with van der Waals surface area (Å²) in [6, 6.07) is 15.6. The zero-order valence-electron chi connectivity index (χ0n) is 18.5. The average molecular weight is 502 g/mol. The SMILES string of the molecule is CC(C)(C)[Si](C)(C)O[C@@H](CBr)c1ccc(OC(=O)c2ccccc2)c2[nH]c(=O)ccc12. The minimum atomic E-state index is -2.04. The normalized spacial score (nSPS) is 13.2. The van der Waals surface area contributed by atoms with E-state index in [1.807, 2.05) is 12.1 Å². The highest BCUT2D eigenvalue weighted by atomic mass is 79.9. The first-order valence-corrected chi connectivity index (χ1v) is 14.2. The van der Waals surface area contributed by atoms with Crippen LogP contribution >= 0.6 is 15.9 Å². The number of carbonyl (C=O) groups excluding carboxylic acids is 1. The van der Waals surface area contributed by atoms with Gasteiger partial charge in [0.25, 0.3) is 0 Å². The van der Waals surface area contributed by atoms with Crippen molar-refractivity contribution in [3.8, 4) is 5.75 Å². The molecule has 0 aliphatic heterocycles. The Bertz CT molecular complexity index is 1140. The van der Waals surface area contributed by atoms with Gasteiger partial charge in [0.05, 0.1) is 17.2 Å². The highest BCUT2D eigenvalue weighted by Crippen LogP contribution is 2.41. The number of hydrogen-bond donors (Lipinski definition) is 1. The van der Waals surface area contributed by atoms with E-state index < -0.39 is 14.3 Å². The van der Waals surface area contributed by atoms with Crippen LogP contribution in [0, 0.1) is 0 Å². The van der Waals surface area contributed by atoms with Gasteiger partial charge >= 0.3 is 5.97 Å². The summed E-state index contributed by atoms with van der Waals surface area (Å²) < 4.78 is 12.3. The molecule has 0 fully saturated rings. The number of H-pyrrole nitrogens is 1. The summed E-state index contributed by atoms with van der Waals surface area (Å²) in [5, 5.41) is 1.46. The second kappa shape index (κ2) is 9.10. The van der Waals surface area contributed by atoms with Crippen LogP contribution in [-0.4, -0.2) is 24.6 Å². The number of halogens is 1. The number of carbonyl (C=O) groups is 1. The number of benzene rings is 2. The lowest BCUT2D eigenvalue weighted by Gasteiger charge is -2.39. The summed E-state index contributed by atoms with van der Waals surface area (Å²) in [4.78, 5) is 27.5. The van der Waals surface area contributed by atoms with E-state index in [1.54, 1.807) is 36.4 Å². The van der Waals surface area contributed by atoms with E-state index in [1.165, 1.54) is 6.07 Å². The van der Waals surface area contributed by atoms with E-state index in [-0.39, 0.29) is 16.7 Å². The third kappa shape index (κ3) is 5.17. The first-order valence-electron chi connectivity index (χ1n) is 10.2. The van der Waals surface area contributed by atoms with Crippen molar-refractivity contribution in [3.05, 3.63) is 76.1 Å². The van der Waals surface area contributed by atoms with E-state index >= 15 is 0 Å². The molecular weight excluding hydrogens is 474 g/mol. The van der Waals surface area contributed by atoms with E-state index in [0.717, 1.165) is 10.9 Å². The standard InChI is InChI=1S/C24H28BrNO4Si/c1-24(2,3)31(4,5)30-20(15-25)17-11-13-19(22-18(17)12-14-21(27)26-22)29-23(28)16-9-7-6-8-10-16/h6-14,20H,15H2,1-5H3,(H,26,27)/t20-/m0/s1. The van der Waals surface area contributed by atoms with Crippen molar-refractivity contribution < 1.29 is 14.0 Å². The molecule has 1 heterocycles. The molecule has 2 aromatic carbocycles. The molecule has 31 heavy (non-hydrogen) atoms. The zero-order chi connectivity index (χ0) is 22.8. The Balaban J connectivity index is 2.04. The van der Waals surface area contributed by atoms with Gasteiger partial charge in [0.1, 0.15) is 0 Å². The maximum absolute atomic E-state index is 12.6. The number of nitrogens with one attached hydrogen (secondary N) is 1. The predicted octanol–water partition coefficient (Wildman–Crippen LogP) is 6.21. The number of rotatable bonds is 6.